The summed E-state index contributed by atoms with van der Waals surface area (Å²) in [5.74, 6) is 0.385. The summed E-state index contributed by atoms with van der Waals surface area (Å²) in [6, 6.07) is 11.3. The number of carbonyl (C=O) groups is 1. The first-order chi connectivity index (χ1) is 12.0. The summed E-state index contributed by atoms with van der Waals surface area (Å²) in [6.07, 6.45) is 0. The molecule has 0 atom stereocenters. The van der Waals surface area contributed by atoms with Gasteiger partial charge in [-0.2, -0.15) is 10.1 Å². The van der Waals surface area contributed by atoms with E-state index in [0.717, 1.165) is 0 Å². The minimum Gasteiger partial charge on any atom is -0.427 e. The van der Waals surface area contributed by atoms with Crippen LogP contribution in [0.3, 0.4) is 0 Å². The van der Waals surface area contributed by atoms with Crippen LogP contribution < -0.4 is 10.1 Å². The smallest absolute Gasteiger partial charge is 0.308 e. The van der Waals surface area contributed by atoms with Crippen molar-refractivity contribution >= 4 is 23.5 Å². The van der Waals surface area contributed by atoms with E-state index in [4.69, 9.17) is 16.3 Å². The quantitative estimate of drug-likeness (QED) is 0.534. The Kier molecular flexibility index (Phi) is 4.95. The van der Waals surface area contributed by atoms with E-state index in [1.54, 1.807) is 36.4 Å². The summed E-state index contributed by atoms with van der Waals surface area (Å²) >= 11 is 5.99. The van der Waals surface area contributed by atoms with Crippen LogP contribution in [0.1, 0.15) is 12.5 Å². The molecule has 1 aromatic heterocycles. The number of ether oxygens (including phenoxy) is 1. The average molecular weight is 361 g/mol. The van der Waals surface area contributed by atoms with Gasteiger partial charge in [0.25, 0.3) is 0 Å². The second-order valence-electron chi connectivity index (χ2n) is 5.18. The lowest BCUT2D eigenvalue weighted by Crippen LogP contribution is -2.04. The SMILES string of the molecule is CC(=O)Oc1cccc(-c2n[nH]c(NCc3c(F)cccc3Cl)n2)c1. The Bertz CT molecular complexity index is 893. The van der Waals surface area contributed by atoms with Gasteiger partial charge in [0.2, 0.25) is 5.95 Å². The molecular weight excluding hydrogens is 347 g/mol. The van der Waals surface area contributed by atoms with Gasteiger partial charge >= 0.3 is 5.97 Å². The van der Waals surface area contributed by atoms with Crippen LogP contribution in [0.25, 0.3) is 11.4 Å². The minimum atomic E-state index is -0.406. The van der Waals surface area contributed by atoms with Crippen molar-refractivity contribution in [3.8, 4) is 17.1 Å². The molecule has 6 nitrogen and oxygen atoms in total. The first-order valence-electron chi connectivity index (χ1n) is 7.41. The molecule has 2 N–H and O–H groups in total. The van der Waals surface area contributed by atoms with Crippen molar-refractivity contribution in [2.45, 2.75) is 13.5 Å². The van der Waals surface area contributed by atoms with Gasteiger partial charge in [-0.3, -0.25) is 4.79 Å². The highest BCUT2D eigenvalue weighted by atomic mass is 35.5. The third-order valence-electron chi connectivity index (χ3n) is 3.33. The first kappa shape index (κ1) is 16.9. The van der Waals surface area contributed by atoms with E-state index in [1.165, 1.54) is 13.0 Å². The van der Waals surface area contributed by atoms with Crippen LogP contribution in [0.5, 0.6) is 5.75 Å². The number of aromatic nitrogens is 3. The number of rotatable bonds is 5. The van der Waals surface area contributed by atoms with E-state index in [2.05, 4.69) is 20.5 Å². The zero-order valence-corrected chi connectivity index (χ0v) is 14.0. The van der Waals surface area contributed by atoms with Crippen LogP contribution in [0.15, 0.2) is 42.5 Å². The minimum absolute atomic E-state index is 0.160. The summed E-state index contributed by atoms with van der Waals surface area (Å²) in [6.45, 7) is 1.49. The fraction of sp³-hybridized carbons (Fsp3) is 0.118. The number of benzene rings is 2. The van der Waals surface area contributed by atoms with E-state index < -0.39 is 11.8 Å². The standard InChI is InChI=1S/C17H14ClFN4O2/c1-10(24)25-12-5-2-4-11(8-12)16-21-17(23-22-16)20-9-13-14(18)6-3-7-15(13)19/h2-8H,9H2,1H3,(H2,20,21,22,23). The van der Waals surface area contributed by atoms with Crippen LogP contribution >= 0.6 is 11.6 Å². The second kappa shape index (κ2) is 7.31. The Morgan fingerprint density at radius 3 is 2.88 bits per heavy atom. The molecule has 3 aromatic rings. The highest BCUT2D eigenvalue weighted by Crippen LogP contribution is 2.23. The molecule has 128 valence electrons. The molecule has 0 fully saturated rings. The van der Waals surface area contributed by atoms with E-state index in [0.29, 0.717) is 33.7 Å². The van der Waals surface area contributed by atoms with Gasteiger partial charge in [0.1, 0.15) is 11.6 Å². The van der Waals surface area contributed by atoms with Crippen molar-refractivity contribution in [2.24, 2.45) is 0 Å². The number of carbonyl (C=O) groups excluding carboxylic acids is 1. The van der Waals surface area contributed by atoms with Crippen LogP contribution in [0, 0.1) is 5.82 Å². The molecule has 0 bridgehead atoms. The first-order valence-corrected chi connectivity index (χ1v) is 7.79. The van der Waals surface area contributed by atoms with E-state index in [-0.39, 0.29) is 6.54 Å². The maximum Gasteiger partial charge on any atom is 0.308 e. The summed E-state index contributed by atoms with van der Waals surface area (Å²) in [5, 5.41) is 10.1. The Balaban J connectivity index is 1.73. The third kappa shape index (κ3) is 4.13. The van der Waals surface area contributed by atoms with Gasteiger partial charge < -0.3 is 10.1 Å². The lowest BCUT2D eigenvalue weighted by molar-refractivity contribution is -0.131. The maximum atomic E-state index is 13.8. The molecule has 0 saturated carbocycles. The molecule has 0 aliphatic carbocycles. The number of nitrogens with one attached hydrogen (secondary N) is 2. The van der Waals surface area contributed by atoms with Crippen molar-refractivity contribution in [3.63, 3.8) is 0 Å². The Morgan fingerprint density at radius 2 is 2.12 bits per heavy atom. The fourth-order valence-electron chi connectivity index (χ4n) is 2.21. The summed E-state index contributed by atoms with van der Waals surface area (Å²) in [4.78, 5) is 15.3. The van der Waals surface area contributed by atoms with Crippen LogP contribution in [-0.2, 0) is 11.3 Å². The zero-order chi connectivity index (χ0) is 17.8. The molecule has 1 heterocycles. The van der Waals surface area contributed by atoms with Crippen LogP contribution in [-0.4, -0.2) is 21.2 Å². The fourth-order valence-corrected chi connectivity index (χ4v) is 2.44. The number of nitrogens with zero attached hydrogens (tertiary/aromatic N) is 2. The number of aromatic amines is 1. The van der Waals surface area contributed by atoms with E-state index in [1.807, 2.05) is 0 Å². The number of esters is 1. The predicted molar refractivity (Wildman–Crippen MR) is 91.9 cm³/mol. The summed E-state index contributed by atoms with van der Waals surface area (Å²) in [7, 11) is 0. The molecule has 0 amide bonds. The highest BCUT2D eigenvalue weighted by molar-refractivity contribution is 6.31. The molecule has 8 heteroatoms. The lowest BCUT2D eigenvalue weighted by Gasteiger charge is -2.06. The monoisotopic (exact) mass is 360 g/mol. The van der Waals surface area contributed by atoms with Crippen LogP contribution in [0.4, 0.5) is 10.3 Å². The van der Waals surface area contributed by atoms with Gasteiger partial charge in [-0.1, -0.05) is 29.8 Å². The molecule has 0 spiro atoms. The van der Waals surface area contributed by atoms with Crippen molar-refractivity contribution in [2.75, 3.05) is 5.32 Å². The van der Waals surface area contributed by atoms with Crippen LogP contribution in [0.2, 0.25) is 5.02 Å². The van der Waals surface area contributed by atoms with Gasteiger partial charge in [-0.05, 0) is 24.3 Å². The Hall–Kier alpha value is -2.93. The van der Waals surface area contributed by atoms with Gasteiger partial charge in [-0.15, -0.1) is 0 Å². The zero-order valence-electron chi connectivity index (χ0n) is 13.2. The third-order valence-corrected chi connectivity index (χ3v) is 3.69. The maximum absolute atomic E-state index is 13.8. The number of H-pyrrole nitrogens is 1. The number of hydrogen-bond acceptors (Lipinski definition) is 5. The predicted octanol–water partition coefficient (Wildman–Crippen LogP) is 3.80. The van der Waals surface area contributed by atoms with Gasteiger partial charge in [0, 0.05) is 29.6 Å². The Morgan fingerprint density at radius 1 is 1.32 bits per heavy atom. The molecule has 0 unspecified atom stereocenters. The van der Waals surface area contributed by atoms with Crippen molar-refractivity contribution in [1.29, 1.82) is 0 Å². The molecule has 0 saturated heterocycles. The number of anilines is 1. The van der Waals surface area contributed by atoms with Crippen molar-refractivity contribution in [3.05, 3.63) is 58.9 Å². The summed E-state index contributed by atoms with van der Waals surface area (Å²) < 4.78 is 18.8. The van der Waals surface area contributed by atoms with Crippen molar-refractivity contribution in [1.82, 2.24) is 15.2 Å². The van der Waals surface area contributed by atoms with Gasteiger partial charge in [0.15, 0.2) is 5.82 Å². The highest BCUT2D eigenvalue weighted by Gasteiger charge is 2.10. The molecule has 0 aliphatic rings. The second-order valence-corrected chi connectivity index (χ2v) is 5.59. The Labute approximate surface area is 148 Å². The summed E-state index contributed by atoms with van der Waals surface area (Å²) in [5.41, 5.74) is 1.02. The van der Waals surface area contributed by atoms with E-state index in [9.17, 15) is 9.18 Å². The van der Waals surface area contributed by atoms with Gasteiger partial charge in [0.05, 0.1) is 0 Å². The molecular formula is C17H14ClFN4O2. The molecule has 2 aromatic carbocycles. The van der Waals surface area contributed by atoms with E-state index >= 15 is 0 Å². The largest absolute Gasteiger partial charge is 0.427 e. The molecule has 25 heavy (non-hydrogen) atoms. The number of halogens is 2. The van der Waals surface area contributed by atoms with Gasteiger partial charge in [-0.25, -0.2) is 9.49 Å². The lowest BCUT2D eigenvalue weighted by atomic mass is 10.2. The molecule has 0 aliphatic heterocycles. The number of hydrogen-bond donors (Lipinski definition) is 2. The average Bonchev–Trinajstić information content (AvgIpc) is 3.03. The normalized spacial score (nSPS) is 10.5. The topological polar surface area (TPSA) is 79.9 Å². The molecule has 3 rings (SSSR count). The van der Waals surface area contributed by atoms with Crippen molar-refractivity contribution < 1.29 is 13.9 Å². The molecule has 0 radical (unpaired) electrons.